The third-order valence-electron chi connectivity index (χ3n) is 5.68. The number of pyridine rings is 2. The summed E-state index contributed by atoms with van der Waals surface area (Å²) in [5, 5.41) is 0. The minimum atomic E-state index is 0.128. The molecule has 1 amide bonds. The van der Waals surface area contributed by atoms with E-state index in [0.717, 1.165) is 63.2 Å². The molecule has 6 nitrogen and oxygen atoms in total. The van der Waals surface area contributed by atoms with Gasteiger partial charge in [-0.3, -0.25) is 4.79 Å². The molecule has 0 atom stereocenters. The molecule has 4 heterocycles. The molecule has 4 rings (SSSR count). The predicted molar refractivity (Wildman–Crippen MR) is 109 cm³/mol. The van der Waals surface area contributed by atoms with Gasteiger partial charge in [-0.05, 0) is 56.2 Å². The van der Waals surface area contributed by atoms with Crippen LogP contribution in [0, 0.1) is 5.92 Å². The SMILES string of the molecule is O=C(c1cccnc1N1CCC(COc2ccccn2)CC1)N1CCCCC1. The van der Waals surface area contributed by atoms with Crippen molar-refractivity contribution in [2.24, 2.45) is 5.92 Å². The Balaban J connectivity index is 1.36. The maximum absolute atomic E-state index is 13.0. The van der Waals surface area contributed by atoms with Gasteiger partial charge in [0, 0.05) is 44.6 Å². The van der Waals surface area contributed by atoms with Crippen LogP contribution in [-0.4, -0.2) is 53.6 Å². The number of piperidine rings is 2. The summed E-state index contributed by atoms with van der Waals surface area (Å²) in [4.78, 5) is 26.1. The fraction of sp³-hybridized carbons (Fsp3) is 0.500. The monoisotopic (exact) mass is 380 g/mol. The van der Waals surface area contributed by atoms with Crippen molar-refractivity contribution in [1.82, 2.24) is 14.9 Å². The first kappa shape index (κ1) is 18.7. The van der Waals surface area contributed by atoms with Crippen LogP contribution in [0.15, 0.2) is 42.7 Å². The van der Waals surface area contributed by atoms with Crippen molar-refractivity contribution in [2.75, 3.05) is 37.7 Å². The summed E-state index contributed by atoms with van der Waals surface area (Å²) < 4.78 is 5.82. The molecule has 6 heteroatoms. The Morgan fingerprint density at radius 2 is 1.75 bits per heavy atom. The number of ether oxygens (including phenoxy) is 1. The zero-order valence-corrected chi connectivity index (χ0v) is 16.3. The molecule has 0 spiro atoms. The van der Waals surface area contributed by atoms with E-state index in [4.69, 9.17) is 4.74 Å². The third-order valence-corrected chi connectivity index (χ3v) is 5.68. The van der Waals surface area contributed by atoms with Crippen LogP contribution in [0.1, 0.15) is 42.5 Å². The molecular formula is C22H28N4O2. The minimum Gasteiger partial charge on any atom is -0.477 e. The molecule has 0 bridgehead atoms. The molecule has 2 aliphatic heterocycles. The van der Waals surface area contributed by atoms with Crippen molar-refractivity contribution in [1.29, 1.82) is 0 Å². The average molecular weight is 380 g/mol. The van der Waals surface area contributed by atoms with Gasteiger partial charge in [0.15, 0.2) is 0 Å². The second-order valence-corrected chi connectivity index (χ2v) is 7.64. The van der Waals surface area contributed by atoms with Gasteiger partial charge in [0.1, 0.15) is 5.82 Å². The Kier molecular flexibility index (Phi) is 6.04. The molecule has 0 unspecified atom stereocenters. The molecular weight excluding hydrogens is 352 g/mol. The van der Waals surface area contributed by atoms with Gasteiger partial charge in [-0.2, -0.15) is 0 Å². The lowest BCUT2D eigenvalue weighted by Crippen LogP contribution is -2.39. The maximum atomic E-state index is 13.0. The summed E-state index contributed by atoms with van der Waals surface area (Å²) in [6.07, 6.45) is 9.02. The molecule has 2 saturated heterocycles. The zero-order chi connectivity index (χ0) is 19.2. The Hall–Kier alpha value is -2.63. The van der Waals surface area contributed by atoms with Crippen molar-refractivity contribution in [2.45, 2.75) is 32.1 Å². The fourth-order valence-corrected chi connectivity index (χ4v) is 4.03. The Morgan fingerprint density at radius 3 is 2.50 bits per heavy atom. The molecule has 2 aromatic heterocycles. The molecule has 0 aromatic carbocycles. The summed E-state index contributed by atoms with van der Waals surface area (Å²) in [6.45, 7) is 4.20. The topological polar surface area (TPSA) is 58.6 Å². The van der Waals surface area contributed by atoms with Crippen LogP contribution in [0.4, 0.5) is 5.82 Å². The number of rotatable bonds is 5. The van der Waals surface area contributed by atoms with Gasteiger partial charge in [-0.15, -0.1) is 0 Å². The van der Waals surface area contributed by atoms with E-state index in [1.165, 1.54) is 6.42 Å². The molecule has 2 fully saturated rings. The molecule has 148 valence electrons. The predicted octanol–water partition coefficient (Wildman–Crippen LogP) is 3.40. The second kappa shape index (κ2) is 9.04. The van der Waals surface area contributed by atoms with E-state index in [0.29, 0.717) is 18.4 Å². The molecule has 2 aliphatic rings. The normalized spacial score (nSPS) is 18.1. The number of carbonyl (C=O) groups excluding carboxylic acids is 1. The van der Waals surface area contributed by atoms with Crippen LogP contribution in [0.25, 0.3) is 0 Å². The zero-order valence-electron chi connectivity index (χ0n) is 16.3. The largest absolute Gasteiger partial charge is 0.477 e. The van der Waals surface area contributed by atoms with E-state index in [2.05, 4.69) is 14.9 Å². The molecule has 2 aromatic rings. The highest BCUT2D eigenvalue weighted by Gasteiger charge is 2.26. The number of anilines is 1. The van der Waals surface area contributed by atoms with E-state index in [-0.39, 0.29) is 5.91 Å². The van der Waals surface area contributed by atoms with Gasteiger partial charge in [-0.25, -0.2) is 9.97 Å². The summed E-state index contributed by atoms with van der Waals surface area (Å²) in [6, 6.07) is 9.51. The van der Waals surface area contributed by atoms with Gasteiger partial charge in [0.25, 0.3) is 5.91 Å². The first-order chi connectivity index (χ1) is 13.8. The van der Waals surface area contributed by atoms with E-state index >= 15 is 0 Å². The summed E-state index contributed by atoms with van der Waals surface area (Å²) in [7, 11) is 0. The lowest BCUT2D eigenvalue weighted by molar-refractivity contribution is 0.0724. The highest BCUT2D eigenvalue weighted by atomic mass is 16.5. The number of aromatic nitrogens is 2. The Labute approximate surface area is 166 Å². The summed E-state index contributed by atoms with van der Waals surface area (Å²) in [5.41, 5.74) is 0.743. The number of carbonyl (C=O) groups is 1. The first-order valence-corrected chi connectivity index (χ1v) is 10.3. The lowest BCUT2D eigenvalue weighted by atomic mass is 9.97. The smallest absolute Gasteiger partial charge is 0.257 e. The molecule has 0 aliphatic carbocycles. The Bertz CT molecular complexity index is 769. The summed E-state index contributed by atoms with van der Waals surface area (Å²) in [5.74, 6) is 2.15. The van der Waals surface area contributed by atoms with Gasteiger partial charge in [0.2, 0.25) is 5.88 Å². The first-order valence-electron chi connectivity index (χ1n) is 10.3. The number of nitrogens with zero attached hydrogens (tertiary/aromatic N) is 4. The molecule has 28 heavy (non-hydrogen) atoms. The van der Waals surface area contributed by atoms with Crippen LogP contribution in [0.3, 0.4) is 0 Å². The van der Waals surface area contributed by atoms with Crippen LogP contribution in [-0.2, 0) is 0 Å². The number of hydrogen-bond donors (Lipinski definition) is 0. The highest BCUT2D eigenvalue weighted by Crippen LogP contribution is 2.26. The van der Waals surface area contributed by atoms with Gasteiger partial charge in [-0.1, -0.05) is 6.07 Å². The van der Waals surface area contributed by atoms with Crippen molar-refractivity contribution in [3.8, 4) is 5.88 Å². The van der Waals surface area contributed by atoms with E-state index < -0.39 is 0 Å². The summed E-state index contributed by atoms with van der Waals surface area (Å²) >= 11 is 0. The number of amides is 1. The van der Waals surface area contributed by atoms with Crippen LogP contribution in [0.5, 0.6) is 5.88 Å². The molecule has 0 saturated carbocycles. The van der Waals surface area contributed by atoms with Crippen molar-refractivity contribution in [3.05, 3.63) is 48.3 Å². The van der Waals surface area contributed by atoms with Crippen molar-refractivity contribution < 1.29 is 9.53 Å². The quantitative estimate of drug-likeness (QED) is 0.796. The van der Waals surface area contributed by atoms with Gasteiger partial charge in [0.05, 0.1) is 12.2 Å². The fourth-order valence-electron chi connectivity index (χ4n) is 4.03. The minimum absolute atomic E-state index is 0.128. The highest BCUT2D eigenvalue weighted by molar-refractivity contribution is 5.99. The van der Waals surface area contributed by atoms with Crippen LogP contribution < -0.4 is 9.64 Å². The standard InChI is InChI=1S/C22H28N4O2/c27-22(26-13-4-1-5-14-26)19-7-6-12-24-21(19)25-15-9-18(10-16-25)17-28-20-8-2-3-11-23-20/h2-3,6-8,11-12,18H,1,4-5,9-10,13-17H2. The van der Waals surface area contributed by atoms with Crippen LogP contribution >= 0.6 is 0 Å². The average Bonchev–Trinajstić information content (AvgIpc) is 2.79. The third kappa shape index (κ3) is 4.43. The maximum Gasteiger partial charge on any atom is 0.257 e. The molecule has 0 N–H and O–H groups in total. The van der Waals surface area contributed by atoms with E-state index in [1.807, 2.05) is 35.2 Å². The second-order valence-electron chi connectivity index (χ2n) is 7.64. The Morgan fingerprint density at radius 1 is 0.964 bits per heavy atom. The van der Waals surface area contributed by atoms with Gasteiger partial charge < -0.3 is 14.5 Å². The number of hydrogen-bond acceptors (Lipinski definition) is 5. The van der Waals surface area contributed by atoms with E-state index in [1.54, 1.807) is 12.4 Å². The molecule has 0 radical (unpaired) electrons. The van der Waals surface area contributed by atoms with Crippen molar-refractivity contribution >= 4 is 11.7 Å². The lowest BCUT2D eigenvalue weighted by Gasteiger charge is -2.34. The number of likely N-dealkylation sites (tertiary alicyclic amines) is 1. The van der Waals surface area contributed by atoms with Crippen molar-refractivity contribution in [3.63, 3.8) is 0 Å². The van der Waals surface area contributed by atoms with E-state index in [9.17, 15) is 4.79 Å². The van der Waals surface area contributed by atoms with Crippen LogP contribution in [0.2, 0.25) is 0 Å². The van der Waals surface area contributed by atoms with Gasteiger partial charge >= 0.3 is 0 Å².